The zero-order valence-corrected chi connectivity index (χ0v) is 12.7. The molecule has 0 unspecified atom stereocenters. The van der Waals surface area contributed by atoms with Crippen molar-refractivity contribution in [2.24, 2.45) is 0 Å². The maximum Gasteiger partial charge on any atom is 0.0361 e. The summed E-state index contributed by atoms with van der Waals surface area (Å²) in [4.78, 5) is 2.58. The number of aryl methyl sites for hydroxylation is 1. The van der Waals surface area contributed by atoms with Crippen LogP contribution in [0.3, 0.4) is 0 Å². The van der Waals surface area contributed by atoms with Crippen LogP contribution >= 0.6 is 0 Å². The molecule has 0 aromatic carbocycles. The lowest BCUT2D eigenvalue weighted by molar-refractivity contribution is 0.160. The Morgan fingerprint density at radius 2 is 2.05 bits per heavy atom. The topological polar surface area (TPSA) is 20.2 Å². The molecule has 0 atom stereocenters. The van der Waals surface area contributed by atoms with Crippen LogP contribution in [0.4, 0.5) is 0 Å². The fourth-order valence-electron chi connectivity index (χ4n) is 2.94. The Morgan fingerprint density at radius 1 is 1.32 bits per heavy atom. The fourth-order valence-corrected chi connectivity index (χ4v) is 2.94. The molecule has 0 spiro atoms. The van der Waals surface area contributed by atoms with E-state index in [-0.39, 0.29) is 0 Å². The Kier molecular flexibility index (Phi) is 5.46. The molecule has 2 heterocycles. The molecule has 3 heteroatoms. The Labute approximate surface area is 118 Å². The third-order valence-electron chi connectivity index (χ3n) is 4.22. The standard InChI is InChI=1S/C16H29N3/c1-4-9-19-10-5-6-16(19)13-17-15-7-11-18(12-8-15)14(2)3/h5-6,10,14-15,17H,4,7-9,11-13H2,1-3H3. The van der Waals surface area contributed by atoms with Crippen molar-refractivity contribution < 1.29 is 0 Å². The number of rotatable bonds is 6. The molecule has 108 valence electrons. The van der Waals surface area contributed by atoms with E-state index in [2.05, 4.69) is 53.9 Å². The second-order valence-corrected chi connectivity index (χ2v) is 5.98. The molecule has 0 bridgehead atoms. The summed E-state index contributed by atoms with van der Waals surface area (Å²) in [5.41, 5.74) is 1.42. The summed E-state index contributed by atoms with van der Waals surface area (Å²) in [5, 5.41) is 3.73. The Balaban J connectivity index is 1.76. The second kappa shape index (κ2) is 7.11. The van der Waals surface area contributed by atoms with Crippen molar-refractivity contribution in [3.05, 3.63) is 24.0 Å². The molecule has 1 aromatic heterocycles. The van der Waals surface area contributed by atoms with Gasteiger partial charge in [0.2, 0.25) is 0 Å². The highest BCUT2D eigenvalue weighted by atomic mass is 15.2. The summed E-state index contributed by atoms with van der Waals surface area (Å²) in [6.45, 7) is 11.5. The number of nitrogens with zero attached hydrogens (tertiary/aromatic N) is 2. The van der Waals surface area contributed by atoms with Gasteiger partial charge in [-0.15, -0.1) is 0 Å². The van der Waals surface area contributed by atoms with Gasteiger partial charge in [0.25, 0.3) is 0 Å². The first-order chi connectivity index (χ1) is 9.20. The smallest absolute Gasteiger partial charge is 0.0361 e. The van der Waals surface area contributed by atoms with Crippen LogP contribution in [0, 0.1) is 0 Å². The third kappa shape index (κ3) is 4.08. The maximum atomic E-state index is 3.73. The molecule has 1 aliphatic heterocycles. The zero-order valence-electron chi connectivity index (χ0n) is 12.7. The van der Waals surface area contributed by atoms with E-state index in [0.717, 1.165) is 13.1 Å². The maximum absolute atomic E-state index is 3.73. The van der Waals surface area contributed by atoms with Crippen molar-refractivity contribution in [2.75, 3.05) is 13.1 Å². The van der Waals surface area contributed by atoms with E-state index in [0.29, 0.717) is 12.1 Å². The monoisotopic (exact) mass is 263 g/mol. The van der Waals surface area contributed by atoms with Crippen LogP contribution in [0.15, 0.2) is 18.3 Å². The van der Waals surface area contributed by atoms with Gasteiger partial charge in [-0.05, 0) is 58.3 Å². The molecule has 1 fully saturated rings. The molecule has 19 heavy (non-hydrogen) atoms. The first-order valence-electron chi connectivity index (χ1n) is 7.82. The van der Waals surface area contributed by atoms with Gasteiger partial charge in [0, 0.05) is 37.1 Å². The molecule has 1 aliphatic rings. The summed E-state index contributed by atoms with van der Waals surface area (Å²) >= 11 is 0. The van der Waals surface area contributed by atoms with Crippen molar-refractivity contribution >= 4 is 0 Å². The average molecular weight is 263 g/mol. The largest absolute Gasteiger partial charge is 0.350 e. The van der Waals surface area contributed by atoms with Crippen molar-refractivity contribution in [1.82, 2.24) is 14.8 Å². The molecule has 0 saturated carbocycles. The number of nitrogens with one attached hydrogen (secondary N) is 1. The lowest BCUT2D eigenvalue weighted by Crippen LogP contribution is -2.44. The summed E-state index contributed by atoms with van der Waals surface area (Å²) in [6, 6.07) is 5.79. The SMILES string of the molecule is CCCn1cccc1CNC1CCN(C(C)C)CC1. The van der Waals surface area contributed by atoms with Gasteiger partial charge in [-0.25, -0.2) is 0 Å². The minimum Gasteiger partial charge on any atom is -0.350 e. The number of likely N-dealkylation sites (tertiary alicyclic amines) is 1. The molecular formula is C16H29N3. The van der Waals surface area contributed by atoms with E-state index in [1.807, 2.05) is 0 Å². The molecule has 0 aliphatic carbocycles. The lowest BCUT2D eigenvalue weighted by atomic mass is 10.0. The molecular weight excluding hydrogens is 234 g/mol. The summed E-state index contributed by atoms with van der Waals surface area (Å²) in [5.74, 6) is 0. The van der Waals surface area contributed by atoms with Crippen LogP contribution in [0.1, 0.15) is 45.7 Å². The number of aromatic nitrogens is 1. The molecule has 3 nitrogen and oxygen atoms in total. The first kappa shape index (κ1) is 14.6. The lowest BCUT2D eigenvalue weighted by Gasteiger charge is -2.35. The number of hydrogen-bond acceptors (Lipinski definition) is 2. The van der Waals surface area contributed by atoms with Crippen molar-refractivity contribution in [2.45, 2.75) is 65.2 Å². The number of piperidine rings is 1. The van der Waals surface area contributed by atoms with E-state index >= 15 is 0 Å². The Bertz CT molecular complexity index is 362. The summed E-state index contributed by atoms with van der Waals surface area (Å²) < 4.78 is 2.37. The van der Waals surface area contributed by atoms with E-state index in [1.165, 1.54) is 38.0 Å². The molecule has 0 radical (unpaired) electrons. The van der Waals surface area contributed by atoms with Crippen LogP contribution in [-0.2, 0) is 13.1 Å². The molecule has 1 saturated heterocycles. The van der Waals surface area contributed by atoms with Crippen LogP contribution in [0.2, 0.25) is 0 Å². The van der Waals surface area contributed by atoms with Gasteiger partial charge in [-0.3, -0.25) is 0 Å². The van der Waals surface area contributed by atoms with E-state index in [1.54, 1.807) is 0 Å². The first-order valence-corrected chi connectivity index (χ1v) is 7.82. The van der Waals surface area contributed by atoms with E-state index in [4.69, 9.17) is 0 Å². The quantitative estimate of drug-likeness (QED) is 0.851. The normalized spacial score (nSPS) is 18.3. The van der Waals surface area contributed by atoms with Gasteiger partial charge in [0.05, 0.1) is 0 Å². The fraction of sp³-hybridized carbons (Fsp3) is 0.750. The summed E-state index contributed by atoms with van der Waals surface area (Å²) in [6.07, 6.45) is 5.97. The van der Waals surface area contributed by atoms with Gasteiger partial charge in [0.1, 0.15) is 0 Å². The highest BCUT2D eigenvalue weighted by molar-refractivity contribution is 5.07. The van der Waals surface area contributed by atoms with Crippen LogP contribution in [0.25, 0.3) is 0 Å². The van der Waals surface area contributed by atoms with Gasteiger partial charge < -0.3 is 14.8 Å². The van der Waals surface area contributed by atoms with E-state index < -0.39 is 0 Å². The highest BCUT2D eigenvalue weighted by Gasteiger charge is 2.20. The van der Waals surface area contributed by atoms with Crippen LogP contribution in [-0.4, -0.2) is 34.6 Å². The van der Waals surface area contributed by atoms with Gasteiger partial charge >= 0.3 is 0 Å². The molecule has 1 N–H and O–H groups in total. The molecule has 0 amide bonds. The summed E-state index contributed by atoms with van der Waals surface area (Å²) in [7, 11) is 0. The third-order valence-corrected chi connectivity index (χ3v) is 4.22. The molecule has 2 rings (SSSR count). The van der Waals surface area contributed by atoms with Crippen molar-refractivity contribution in [3.63, 3.8) is 0 Å². The highest BCUT2D eigenvalue weighted by Crippen LogP contribution is 2.14. The van der Waals surface area contributed by atoms with Crippen molar-refractivity contribution in [1.29, 1.82) is 0 Å². The predicted octanol–water partition coefficient (Wildman–Crippen LogP) is 2.86. The second-order valence-electron chi connectivity index (χ2n) is 5.98. The zero-order chi connectivity index (χ0) is 13.7. The van der Waals surface area contributed by atoms with Crippen molar-refractivity contribution in [3.8, 4) is 0 Å². The van der Waals surface area contributed by atoms with Gasteiger partial charge in [0.15, 0.2) is 0 Å². The van der Waals surface area contributed by atoms with Crippen LogP contribution in [0.5, 0.6) is 0 Å². The predicted molar refractivity (Wildman–Crippen MR) is 81.3 cm³/mol. The van der Waals surface area contributed by atoms with Gasteiger partial charge in [-0.2, -0.15) is 0 Å². The minimum absolute atomic E-state index is 0.694. The number of hydrogen-bond donors (Lipinski definition) is 1. The van der Waals surface area contributed by atoms with Crippen LogP contribution < -0.4 is 5.32 Å². The Hall–Kier alpha value is -0.800. The molecule has 1 aromatic rings. The Morgan fingerprint density at radius 3 is 2.68 bits per heavy atom. The minimum atomic E-state index is 0.694. The average Bonchev–Trinajstić information content (AvgIpc) is 2.85. The van der Waals surface area contributed by atoms with E-state index in [9.17, 15) is 0 Å². The van der Waals surface area contributed by atoms with Gasteiger partial charge in [-0.1, -0.05) is 6.92 Å².